The lowest BCUT2D eigenvalue weighted by Crippen LogP contribution is -2.26. The second kappa shape index (κ2) is 6.62. The fourth-order valence-electron chi connectivity index (χ4n) is 2.84. The van der Waals surface area contributed by atoms with E-state index in [1.807, 2.05) is 19.6 Å². The summed E-state index contributed by atoms with van der Waals surface area (Å²) in [5, 5.41) is 3.56. The molecule has 2 heterocycles. The van der Waals surface area contributed by atoms with E-state index in [0.29, 0.717) is 0 Å². The Morgan fingerprint density at radius 3 is 2.86 bits per heavy atom. The van der Waals surface area contributed by atoms with Crippen molar-refractivity contribution < 1.29 is 0 Å². The normalized spacial score (nSPS) is 18.4. The van der Waals surface area contributed by atoms with Crippen molar-refractivity contribution in [2.75, 3.05) is 24.5 Å². The third kappa shape index (κ3) is 3.66. The van der Waals surface area contributed by atoms with Gasteiger partial charge in [-0.3, -0.25) is 0 Å². The van der Waals surface area contributed by atoms with Crippen molar-refractivity contribution in [1.82, 2.24) is 14.9 Å². The predicted molar refractivity (Wildman–Crippen MR) is 89.4 cm³/mol. The van der Waals surface area contributed by atoms with Crippen molar-refractivity contribution >= 4 is 21.6 Å². The van der Waals surface area contributed by atoms with Crippen LogP contribution in [0.1, 0.15) is 12.1 Å². The Balaban J connectivity index is 1.46. The lowest BCUT2D eigenvalue weighted by molar-refractivity contribution is 0.510. The number of halogens is 1. The molecule has 0 radical (unpaired) electrons. The summed E-state index contributed by atoms with van der Waals surface area (Å²) >= 11 is 3.49. The fourth-order valence-corrected chi connectivity index (χ4v) is 3.11. The number of rotatable bonds is 5. The van der Waals surface area contributed by atoms with E-state index >= 15 is 0 Å². The Labute approximate surface area is 134 Å². The van der Waals surface area contributed by atoms with Gasteiger partial charge in [0.1, 0.15) is 0 Å². The highest BCUT2D eigenvalue weighted by Crippen LogP contribution is 2.24. The van der Waals surface area contributed by atoms with E-state index in [9.17, 15) is 0 Å². The average molecular weight is 349 g/mol. The Morgan fingerprint density at radius 2 is 2.14 bits per heavy atom. The van der Waals surface area contributed by atoms with E-state index in [1.54, 1.807) is 0 Å². The summed E-state index contributed by atoms with van der Waals surface area (Å²) in [6.45, 7) is 4.25. The van der Waals surface area contributed by atoms with E-state index < -0.39 is 0 Å². The van der Waals surface area contributed by atoms with Crippen LogP contribution in [-0.2, 0) is 13.6 Å². The van der Waals surface area contributed by atoms with Crippen LogP contribution in [0.5, 0.6) is 0 Å². The third-order valence-corrected chi connectivity index (χ3v) is 4.66. The smallest absolute Gasteiger partial charge is 0.0945 e. The number of aromatic nitrogens is 2. The van der Waals surface area contributed by atoms with Gasteiger partial charge in [-0.15, -0.1) is 0 Å². The molecule has 1 fully saturated rings. The molecule has 1 aliphatic rings. The van der Waals surface area contributed by atoms with Gasteiger partial charge in [0.25, 0.3) is 0 Å². The van der Waals surface area contributed by atoms with Crippen LogP contribution in [0, 0.1) is 5.92 Å². The molecule has 1 aromatic carbocycles. The van der Waals surface area contributed by atoms with Crippen molar-refractivity contribution in [2.24, 2.45) is 13.0 Å². The minimum Gasteiger partial charge on any atom is -0.371 e. The number of anilines is 1. The van der Waals surface area contributed by atoms with Gasteiger partial charge in [0.15, 0.2) is 0 Å². The van der Waals surface area contributed by atoms with E-state index in [2.05, 4.69) is 60.0 Å². The summed E-state index contributed by atoms with van der Waals surface area (Å²) in [4.78, 5) is 6.62. The van der Waals surface area contributed by atoms with Gasteiger partial charge in [0.2, 0.25) is 0 Å². The van der Waals surface area contributed by atoms with Crippen molar-refractivity contribution in [1.29, 1.82) is 0 Å². The number of nitrogens with zero attached hydrogens (tertiary/aromatic N) is 3. The summed E-state index contributed by atoms with van der Waals surface area (Å²) in [5.74, 6) is 0.724. The molecule has 0 spiro atoms. The van der Waals surface area contributed by atoms with Crippen LogP contribution in [0.4, 0.5) is 5.69 Å². The highest BCUT2D eigenvalue weighted by molar-refractivity contribution is 9.10. The molecule has 0 aliphatic carbocycles. The molecule has 112 valence electrons. The molecule has 1 aliphatic heterocycles. The molecule has 2 aromatic rings. The molecule has 1 aromatic heterocycles. The summed E-state index contributed by atoms with van der Waals surface area (Å²) in [6.07, 6.45) is 5.03. The van der Waals surface area contributed by atoms with E-state index in [1.165, 1.54) is 17.8 Å². The molecule has 21 heavy (non-hydrogen) atoms. The second-order valence-corrected chi connectivity index (χ2v) is 6.62. The summed E-state index contributed by atoms with van der Waals surface area (Å²) in [7, 11) is 2.04. The van der Waals surface area contributed by atoms with Crippen molar-refractivity contribution in [3.8, 4) is 0 Å². The zero-order valence-electron chi connectivity index (χ0n) is 12.3. The maximum absolute atomic E-state index is 4.14. The zero-order chi connectivity index (χ0) is 14.7. The van der Waals surface area contributed by atoms with Gasteiger partial charge in [-0.25, -0.2) is 4.98 Å². The molecule has 4 nitrogen and oxygen atoms in total. The minimum atomic E-state index is 0.724. The molecule has 0 amide bonds. The number of imidazole rings is 1. The van der Waals surface area contributed by atoms with Crippen molar-refractivity contribution in [3.63, 3.8) is 0 Å². The standard InChI is InChI=1S/C16H21BrN4/c1-20-12-19-10-16(20)9-18-8-13-6-7-21(11-13)15-4-2-14(17)3-5-15/h2-5,10,12-13,18H,6-9,11H2,1H3. The average Bonchev–Trinajstić information content (AvgIpc) is 3.10. The molecule has 1 unspecified atom stereocenters. The van der Waals surface area contributed by atoms with Gasteiger partial charge >= 0.3 is 0 Å². The van der Waals surface area contributed by atoms with Crippen LogP contribution < -0.4 is 10.2 Å². The third-order valence-electron chi connectivity index (χ3n) is 4.13. The van der Waals surface area contributed by atoms with E-state index in [0.717, 1.165) is 36.6 Å². The SMILES string of the molecule is Cn1cncc1CNCC1CCN(c2ccc(Br)cc2)C1. The van der Waals surface area contributed by atoms with Crippen LogP contribution >= 0.6 is 15.9 Å². The molecular weight excluding hydrogens is 328 g/mol. The number of hydrogen-bond donors (Lipinski definition) is 1. The lowest BCUT2D eigenvalue weighted by atomic mass is 10.1. The summed E-state index contributed by atoms with van der Waals surface area (Å²) in [6, 6.07) is 8.61. The van der Waals surface area contributed by atoms with Gasteiger partial charge in [-0.1, -0.05) is 15.9 Å². The summed E-state index contributed by atoms with van der Waals surface area (Å²) < 4.78 is 3.20. The largest absolute Gasteiger partial charge is 0.371 e. The second-order valence-electron chi connectivity index (χ2n) is 5.70. The van der Waals surface area contributed by atoms with Gasteiger partial charge in [0.05, 0.1) is 12.0 Å². The predicted octanol–water partition coefficient (Wildman–Crippen LogP) is 2.80. The molecule has 1 atom stereocenters. The highest BCUT2D eigenvalue weighted by atomic mass is 79.9. The van der Waals surface area contributed by atoms with Gasteiger partial charge < -0.3 is 14.8 Å². The molecule has 0 bridgehead atoms. The molecule has 3 rings (SSSR count). The van der Waals surface area contributed by atoms with Gasteiger partial charge in [0, 0.05) is 49.6 Å². The minimum absolute atomic E-state index is 0.724. The summed E-state index contributed by atoms with van der Waals surface area (Å²) in [5.41, 5.74) is 2.56. The monoisotopic (exact) mass is 348 g/mol. The highest BCUT2D eigenvalue weighted by Gasteiger charge is 2.22. The Bertz CT molecular complexity index is 578. The quantitative estimate of drug-likeness (QED) is 0.901. The molecular formula is C16H21BrN4. The number of hydrogen-bond acceptors (Lipinski definition) is 3. The van der Waals surface area contributed by atoms with E-state index in [4.69, 9.17) is 0 Å². The van der Waals surface area contributed by atoms with Gasteiger partial charge in [-0.2, -0.15) is 0 Å². The maximum Gasteiger partial charge on any atom is 0.0945 e. The van der Waals surface area contributed by atoms with Crippen LogP contribution in [-0.4, -0.2) is 29.2 Å². The van der Waals surface area contributed by atoms with Crippen molar-refractivity contribution in [3.05, 3.63) is 47.0 Å². The Hall–Kier alpha value is -1.33. The first-order valence-electron chi connectivity index (χ1n) is 7.39. The molecule has 0 saturated carbocycles. The van der Waals surface area contributed by atoms with Crippen LogP contribution in [0.15, 0.2) is 41.3 Å². The first kappa shape index (κ1) is 14.6. The fraction of sp³-hybridized carbons (Fsp3) is 0.438. The molecule has 5 heteroatoms. The Morgan fingerprint density at radius 1 is 1.33 bits per heavy atom. The maximum atomic E-state index is 4.14. The topological polar surface area (TPSA) is 33.1 Å². The van der Waals surface area contributed by atoms with Gasteiger partial charge in [-0.05, 0) is 36.6 Å². The van der Waals surface area contributed by atoms with Crippen LogP contribution in [0.25, 0.3) is 0 Å². The Kier molecular flexibility index (Phi) is 4.60. The number of aryl methyl sites for hydroxylation is 1. The van der Waals surface area contributed by atoms with Crippen LogP contribution in [0.2, 0.25) is 0 Å². The first-order chi connectivity index (χ1) is 10.2. The first-order valence-corrected chi connectivity index (χ1v) is 8.18. The van der Waals surface area contributed by atoms with Crippen molar-refractivity contribution in [2.45, 2.75) is 13.0 Å². The lowest BCUT2D eigenvalue weighted by Gasteiger charge is -2.19. The van der Waals surface area contributed by atoms with E-state index in [-0.39, 0.29) is 0 Å². The zero-order valence-corrected chi connectivity index (χ0v) is 13.9. The number of nitrogens with one attached hydrogen (secondary N) is 1. The molecule has 1 saturated heterocycles. The van der Waals surface area contributed by atoms with Crippen LogP contribution in [0.3, 0.4) is 0 Å². The molecule has 1 N–H and O–H groups in total. The number of benzene rings is 1.